The molecule has 1 aromatic carbocycles. The van der Waals surface area contributed by atoms with Crippen molar-refractivity contribution >= 4 is 11.9 Å². The van der Waals surface area contributed by atoms with Gasteiger partial charge in [-0.3, -0.25) is 4.79 Å². The molecule has 0 radical (unpaired) electrons. The van der Waals surface area contributed by atoms with Gasteiger partial charge in [-0.15, -0.1) is 5.10 Å². The first-order valence-corrected chi connectivity index (χ1v) is 8.81. The maximum atomic E-state index is 11.9. The van der Waals surface area contributed by atoms with Gasteiger partial charge in [0.25, 0.3) is 5.89 Å². The van der Waals surface area contributed by atoms with E-state index in [4.69, 9.17) is 9.15 Å². The number of rotatable bonds is 8. The fourth-order valence-electron chi connectivity index (χ4n) is 2.90. The zero-order valence-corrected chi connectivity index (χ0v) is 14.7. The molecular weight excluding hydrogens is 320 g/mol. The van der Waals surface area contributed by atoms with Crippen molar-refractivity contribution in [3.8, 4) is 17.2 Å². The number of benzene rings is 1. The Bertz CT molecular complexity index is 716. The molecule has 0 spiro atoms. The van der Waals surface area contributed by atoms with Gasteiger partial charge in [0.15, 0.2) is 0 Å². The molecule has 0 aliphatic carbocycles. The van der Waals surface area contributed by atoms with Gasteiger partial charge < -0.3 is 19.4 Å². The number of nitrogens with zero attached hydrogens (tertiary/aromatic N) is 3. The van der Waals surface area contributed by atoms with Gasteiger partial charge in [-0.05, 0) is 25.0 Å². The molecule has 25 heavy (non-hydrogen) atoms. The number of hydrogen-bond donors (Lipinski definition) is 1. The molecule has 1 amide bonds. The van der Waals surface area contributed by atoms with E-state index in [-0.39, 0.29) is 11.9 Å². The molecule has 1 unspecified atom stereocenters. The van der Waals surface area contributed by atoms with Crippen LogP contribution >= 0.6 is 0 Å². The van der Waals surface area contributed by atoms with E-state index < -0.39 is 0 Å². The lowest BCUT2D eigenvalue weighted by atomic mass is 10.2. The van der Waals surface area contributed by atoms with E-state index in [1.54, 1.807) is 0 Å². The number of likely N-dealkylation sites (tertiary alicyclic amines) is 1. The molecule has 2 heterocycles. The second-order valence-corrected chi connectivity index (χ2v) is 6.14. The van der Waals surface area contributed by atoms with Crippen LogP contribution in [-0.2, 0) is 4.79 Å². The van der Waals surface area contributed by atoms with Crippen LogP contribution in [0.3, 0.4) is 0 Å². The summed E-state index contributed by atoms with van der Waals surface area (Å²) in [7, 11) is 0. The van der Waals surface area contributed by atoms with Crippen LogP contribution in [0.2, 0.25) is 0 Å². The van der Waals surface area contributed by atoms with Gasteiger partial charge in [0.2, 0.25) is 5.91 Å². The summed E-state index contributed by atoms with van der Waals surface area (Å²) >= 11 is 0. The van der Waals surface area contributed by atoms with Crippen LogP contribution in [-0.4, -0.2) is 46.7 Å². The molecule has 3 rings (SSSR count). The maximum Gasteiger partial charge on any atom is 0.316 e. The van der Waals surface area contributed by atoms with Crippen molar-refractivity contribution in [1.82, 2.24) is 15.1 Å². The van der Waals surface area contributed by atoms with Gasteiger partial charge in [-0.25, -0.2) is 0 Å². The number of hydrogen-bond acceptors (Lipinski definition) is 6. The van der Waals surface area contributed by atoms with Gasteiger partial charge >= 0.3 is 6.01 Å². The highest BCUT2D eigenvalue weighted by atomic mass is 16.5. The summed E-state index contributed by atoms with van der Waals surface area (Å²) in [6.07, 6.45) is 2.33. The van der Waals surface area contributed by atoms with Gasteiger partial charge in [0.1, 0.15) is 5.75 Å². The molecule has 1 saturated heterocycles. The van der Waals surface area contributed by atoms with Gasteiger partial charge in [-0.1, -0.05) is 31.1 Å². The highest BCUT2D eigenvalue weighted by Gasteiger charge is 2.30. The number of carbonyl (C=O) groups excluding carboxylic acids is 1. The highest BCUT2D eigenvalue weighted by molar-refractivity contribution is 5.79. The molecule has 1 aliphatic rings. The monoisotopic (exact) mass is 344 g/mol. The van der Waals surface area contributed by atoms with Crippen molar-refractivity contribution in [3.63, 3.8) is 0 Å². The van der Waals surface area contributed by atoms with Gasteiger partial charge in [0.05, 0.1) is 18.2 Å². The molecule has 7 nitrogen and oxygen atoms in total. The number of anilines is 1. The Balaban J connectivity index is 1.68. The van der Waals surface area contributed by atoms with Gasteiger partial charge in [-0.2, -0.15) is 0 Å². The largest absolute Gasteiger partial charge is 0.493 e. The van der Waals surface area contributed by atoms with Crippen LogP contribution in [0.15, 0.2) is 28.7 Å². The normalized spacial score (nSPS) is 17.1. The van der Waals surface area contributed by atoms with E-state index in [1.165, 1.54) is 0 Å². The van der Waals surface area contributed by atoms with Crippen molar-refractivity contribution in [2.45, 2.75) is 39.2 Å². The van der Waals surface area contributed by atoms with Crippen molar-refractivity contribution in [2.75, 3.05) is 25.0 Å². The van der Waals surface area contributed by atoms with Crippen molar-refractivity contribution < 1.29 is 13.9 Å². The first-order chi connectivity index (χ1) is 12.2. The second kappa shape index (κ2) is 8.00. The van der Waals surface area contributed by atoms with Crippen LogP contribution in [0.25, 0.3) is 11.5 Å². The van der Waals surface area contributed by atoms with Gasteiger partial charge in [0, 0.05) is 19.5 Å². The predicted molar refractivity (Wildman–Crippen MR) is 94.4 cm³/mol. The third kappa shape index (κ3) is 4.10. The summed E-state index contributed by atoms with van der Waals surface area (Å²) < 4.78 is 11.5. The quantitative estimate of drug-likeness (QED) is 0.793. The van der Waals surface area contributed by atoms with Crippen LogP contribution in [0, 0.1) is 0 Å². The highest BCUT2D eigenvalue weighted by Crippen LogP contribution is 2.30. The lowest BCUT2D eigenvalue weighted by molar-refractivity contribution is -0.127. The van der Waals surface area contributed by atoms with Crippen molar-refractivity contribution in [2.24, 2.45) is 0 Å². The first kappa shape index (κ1) is 17.3. The zero-order valence-electron chi connectivity index (χ0n) is 14.7. The Hall–Kier alpha value is -2.57. The Morgan fingerprint density at radius 2 is 2.12 bits per heavy atom. The molecule has 134 valence electrons. The molecule has 0 saturated carbocycles. The third-order valence-electron chi connectivity index (χ3n) is 4.04. The number of ether oxygens (including phenoxy) is 1. The fourth-order valence-corrected chi connectivity index (χ4v) is 2.90. The van der Waals surface area contributed by atoms with Crippen LogP contribution in [0.4, 0.5) is 6.01 Å². The Morgan fingerprint density at radius 1 is 1.28 bits per heavy atom. The lowest BCUT2D eigenvalue weighted by Crippen LogP contribution is -2.28. The van der Waals surface area contributed by atoms with Crippen LogP contribution in [0.5, 0.6) is 5.75 Å². The Labute approximate surface area is 147 Å². The van der Waals surface area contributed by atoms with E-state index in [1.807, 2.05) is 29.2 Å². The molecule has 1 aliphatic heterocycles. The fraction of sp³-hybridized carbons (Fsp3) is 0.500. The predicted octanol–water partition coefficient (Wildman–Crippen LogP) is 2.95. The van der Waals surface area contributed by atoms with Crippen molar-refractivity contribution in [3.05, 3.63) is 24.3 Å². The minimum absolute atomic E-state index is 0.000986. The smallest absolute Gasteiger partial charge is 0.316 e. The standard InChI is InChI=1S/C18H24N4O3/c1-3-9-22-12-13(11-16(22)23)19-18-21-20-17(25-18)14-7-5-6-8-15(14)24-10-4-2/h5-8,13H,3-4,9-12H2,1-2H3,(H,19,21). The summed E-state index contributed by atoms with van der Waals surface area (Å²) in [5.41, 5.74) is 0.770. The minimum Gasteiger partial charge on any atom is -0.493 e. The lowest BCUT2D eigenvalue weighted by Gasteiger charge is -2.15. The van der Waals surface area contributed by atoms with Crippen LogP contribution in [0.1, 0.15) is 33.1 Å². The summed E-state index contributed by atoms with van der Waals surface area (Å²) in [5, 5.41) is 11.3. The molecule has 2 aromatic rings. The molecule has 1 aromatic heterocycles. The average Bonchev–Trinajstić information content (AvgIpc) is 3.21. The summed E-state index contributed by atoms with van der Waals surface area (Å²) in [4.78, 5) is 13.8. The second-order valence-electron chi connectivity index (χ2n) is 6.14. The molecule has 1 fully saturated rings. The first-order valence-electron chi connectivity index (χ1n) is 8.81. The number of para-hydroxylation sites is 1. The Kier molecular flexibility index (Phi) is 5.53. The van der Waals surface area contributed by atoms with E-state index in [9.17, 15) is 4.79 Å². The molecule has 0 bridgehead atoms. The molecular formula is C18H24N4O3. The number of carbonyl (C=O) groups is 1. The number of nitrogens with one attached hydrogen (secondary N) is 1. The van der Waals surface area contributed by atoms with E-state index in [2.05, 4.69) is 29.4 Å². The minimum atomic E-state index is -0.000986. The maximum absolute atomic E-state index is 11.9. The number of amides is 1. The van der Waals surface area contributed by atoms with Crippen molar-refractivity contribution in [1.29, 1.82) is 0 Å². The number of aromatic nitrogens is 2. The molecule has 1 atom stereocenters. The van der Waals surface area contributed by atoms with E-state index >= 15 is 0 Å². The summed E-state index contributed by atoms with van der Waals surface area (Å²) in [6, 6.07) is 7.93. The third-order valence-corrected chi connectivity index (χ3v) is 4.04. The average molecular weight is 344 g/mol. The van der Waals surface area contributed by atoms with Crippen LogP contribution < -0.4 is 10.1 Å². The summed E-state index contributed by atoms with van der Waals surface area (Å²) in [5.74, 6) is 1.30. The Morgan fingerprint density at radius 3 is 2.92 bits per heavy atom. The topological polar surface area (TPSA) is 80.5 Å². The van der Waals surface area contributed by atoms with E-state index in [0.717, 1.165) is 30.7 Å². The zero-order chi connectivity index (χ0) is 17.6. The molecule has 7 heteroatoms. The molecule has 1 N–H and O–H groups in total. The SMILES string of the molecule is CCCOc1ccccc1-c1nnc(NC2CC(=O)N(CCC)C2)o1. The van der Waals surface area contributed by atoms with E-state index in [0.29, 0.717) is 31.5 Å². The summed E-state index contributed by atoms with van der Waals surface area (Å²) in [6.45, 7) is 6.21.